The van der Waals surface area contributed by atoms with E-state index in [1.165, 1.54) is 24.8 Å². The van der Waals surface area contributed by atoms with Crippen LogP contribution < -0.4 is 14.8 Å². The zero-order valence-corrected chi connectivity index (χ0v) is 19.1. The minimum Gasteiger partial charge on any atom is -0.497 e. The van der Waals surface area contributed by atoms with E-state index in [1.54, 1.807) is 25.6 Å². The fourth-order valence-electron chi connectivity index (χ4n) is 4.18. The van der Waals surface area contributed by atoms with E-state index in [9.17, 15) is 4.79 Å². The van der Waals surface area contributed by atoms with E-state index in [0.717, 1.165) is 24.4 Å². The van der Waals surface area contributed by atoms with Crippen LogP contribution in [-0.2, 0) is 6.61 Å². The van der Waals surface area contributed by atoms with Crippen LogP contribution in [0.3, 0.4) is 0 Å². The highest BCUT2D eigenvalue weighted by molar-refractivity contribution is 5.94. The smallest absolute Gasteiger partial charge is 0.251 e. The van der Waals surface area contributed by atoms with Gasteiger partial charge in [-0.15, -0.1) is 0 Å². The second-order valence-corrected chi connectivity index (χ2v) is 8.27. The molecule has 0 bridgehead atoms. The van der Waals surface area contributed by atoms with Crippen LogP contribution in [0, 0.1) is 0 Å². The van der Waals surface area contributed by atoms with Crippen molar-refractivity contribution in [2.45, 2.75) is 31.9 Å². The van der Waals surface area contributed by atoms with Crippen molar-refractivity contribution in [2.75, 3.05) is 26.7 Å². The first-order valence-electron chi connectivity index (χ1n) is 11.5. The Morgan fingerprint density at radius 2 is 1.85 bits per heavy atom. The molecule has 0 aliphatic carbocycles. The Labute approximate surface area is 195 Å². The van der Waals surface area contributed by atoms with E-state index in [2.05, 4.69) is 27.3 Å². The molecule has 1 unspecified atom stereocenters. The number of rotatable bonds is 9. The molecule has 6 heteroatoms. The maximum atomic E-state index is 13.0. The van der Waals surface area contributed by atoms with E-state index in [-0.39, 0.29) is 11.9 Å². The summed E-state index contributed by atoms with van der Waals surface area (Å²) in [7, 11) is 1.67. The third-order valence-electron chi connectivity index (χ3n) is 6.01. The van der Waals surface area contributed by atoms with Crippen molar-refractivity contribution < 1.29 is 14.3 Å². The monoisotopic (exact) mass is 445 g/mol. The number of pyridine rings is 1. The Bertz CT molecular complexity index is 1020. The van der Waals surface area contributed by atoms with Crippen molar-refractivity contribution in [1.29, 1.82) is 0 Å². The lowest BCUT2D eigenvalue weighted by Crippen LogP contribution is -2.40. The molecule has 1 aromatic heterocycles. The number of hydrogen-bond acceptors (Lipinski definition) is 5. The number of ether oxygens (including phenoxy) is 2. The number of methoxy groups -OCH3 is 1. The first-order valence-corrected chi connectivity index (χ1v) is 11.5. The van der Waals surface area contributed by atoms with Gasteiger partial charge in [-0.1, -0.05) is 30.7 Å². The fourth-order valence-corrected chi connectivity index (χ4v) is 4.18. The Morgan fingerprint density at radius 1 is 1.03 bits per heavy atom. The molecule has 1 aliphatic rings. The van der Waals surface area contributed by atoms with E-state index in [4.69, 9.17) is 9.47 Å². The molecule has 1 amide bonds. The van der Waals surface area contributed by atoms with Crippen molar-refractivity contribution in [3.05, 3.63) is 89.7 Å². The predicted molar refractivity (Wildman–Crippen MR) is 129 cm³/mol. The van der Waals surface area contributed by atoms with E-state index >= 15 is 0 Å². The van der Waals surface area contributed by atoms with Gasteiger partial charge in [0, 0.05) is 30.1 Å². The number of hydrogen-bond donors (Lipinski definition) is 1. The van der Waals surface area contributed by atoms with Gasteiger partial charge in [0.2, 0.25) is 0 Å². The van der Waals surface area contributed by atoms with Gasteiger partial charge in [0.15, 0.2) is 0 Å². The summed E-state index contributed by atoms with van der Waals surface area (Å²) in [6.07, 6.45) is 7.16. The molecule has 1 atom stereocenters. The van der Waals surface area contributed by atoms with Crippen LogP contribution >= 0.6 is 0 Å². The van der Waals surface area contributed by atoms with Crippen LogP contribution in [0.4, 0.5) is 0 Å². The number of piperidine rings is 1. The van der Waals surface area contributed by atoms with Gasteiger partial charge in [0.05, 0.1) is 13.2 Å². The quantitative estimate of drug-likeness (QED) is 0.520. The molecule has 1 saturated heterocycles. The van der Waals surface area contributed by atoms with Crippen molar-refractivity contribution in [2.24, 2.45) is 0 Å². The summed E-state index contributed by atoms with van der Waals surface area (Å²) in [5, 5.41) is 3.15. The third kappa shape index (κ3) is 6.33. The first-order chi connectivity index (χ1) is 16.2. The minimum atomic E-state index is -0.0997. The zero-order chi connectivity index (χ0) is 22.9. The summed E-state index contributed by atoms with van der Waals surface area (Å²) in [5.74, 6) is 1.40. The standard InChI is InChI=1S/C27H31N3O3/c1-32-24-12-10-22(11-13-24)26(30-15-3-2-4-16-30)19-29-27(31)23-8-5-9-25(17-23)33-20-21-7-6-14-28-18-21/h5-14,17-18,26H,2-4,15-16,19-20H2,1H3,(H,29,31). The number of carbonyl (C=O) groups excluding carboxylic acids is 1. The molecule has 2 heterocycles. The Kier molecular flexibility index (Phi) is 7.93. The lowest BCUT2D eigenvalue weighted by Gasteiger charge is -2.35. The average molecular weight is 446 g/mol. The molecule has 0 spiro atoms. The normalized spacial score (nSPS) is 14.9. The third-order valence-corrected chi connectivity index (χ3v) is 6.01. The number of nitrogens with one attached hydrogen (secondary N) is 1. The molecular weight excluding hydrogens is 414 g/mol. The van der Waals surface area contributed by atoms with Gasteiger partial charge in [-0.3, -0.25) is 14.7 Å². The van der Waals surface area contributed by atoms with Crippen LogP contribution in [-0.4, -0.2) is 42.5 Å². The fraction of sp³-hybridized carbons (Fsp3) is 0.333. The Morgan fingerprint density at radius 3 is 2.58 bits per heavy atom. The van der Waals surface area contributed by atoms with E-state index in [0.29, 0.717) is 24.5 Å². The van der Waals surface area contributed by atoms with Crippen LogP contribution in [0.1, 0.15) is 46.8 Å². The molecule has 4 rings (SSSR count). The zero-order valence-electron chi connectivity index (χ0n) is 19.1. The lowest BCUT2D eigenvalue weighted by molar-refractivity contribution is 0.0924. The maximum Gasteiger partial charge on any atom is 0.251 e. The van der Waals surface area contributed by atoms with Gasteiger partial charge in [-0.25, -0.2) is 0 Å². The van der Waals surface area contributed by atoms with Crippen molar-refractivity contribution >= 4 is 5.91 Å². The predicted octanol–water partition coefficient (Wildman–Crippen LogP) is 4.63. The molecular formula is C27H31N3O3. The second kappa shape index (κ2) is 11.5. The molecule has 172 valence electrons. The summed E-state index contributed by atoms with van der Waals surface area (Å²) >= 11 is 0. The van der Waals surface area contributed by atoms with Gasteiger partial charge < -0.3 is 14.8 Å². The molecule has 1 N–H and O–H groups in total. The van der Waals surface area contributed by atoms with E-state index < -0.39 is 0 Å². The first kappa shape index (κ1) is 22.8. The van der Waals surface area contributed by atoms with Crippen LogP contribution in [0.2, 0.25) is 0 Å². The molecule has 0 radical (unpaired) electrons. The molecule has 1 fully saturated rings. The van der Waals surface area contributed by atoms with Crippen LogP contribution in [0.15, 0.2) is 73.1 Å². The largest absolute Gasteiger partial charge is 0.497 e. The highest BCUT2D eigenvalue weighted by Crippen LogP contribution is 2.26. The summed E-state index contributed by atoms with van der Waals surface area (Å²) < 4.78 is 11.2. The van der Waals surface area contributed by atoms with Crippen molar-refractivity contribution in [1.82, 2.24) is 15.2 Å². The van der Waals surface area contributed by atoms with Gasteiger partial charge in [-0.05, 0) is 67.9 Å². The highest BCUT2D eigenvalue weighted by atomic mass is 16.5. The number of carbonyl (C=O) groups is 1. The summed E-state index contributed by atoms with van der Waals surface area (Å²) in [5.41, 5.74) is 2.76. The lowest BCUT2D eigenvalue weighted by atomic mass is 10.0. The number of benzene rings is 2. The maximum absolute atomic E-state index is 13.0. The topological polar surface area (TPSA) is 63.7 Å². The number of aromatic nitrogens is 1. The van der Waals surface area contributed by atoms with E-state index in [1.807, 2.05) is 42.5 Å². The molecule has 1 aliphatic heterocycles. The second-order valence-electron chi connectivity index (χ2n) is 8.27. The number of amides is 1. The van der Waals surface area contributed by atoms with Gasteiger partial charge in [0.25, 0.3) is 5.91 Å². The summed E-state index contributed by atoms with van der Waals surface area (Å²) in [4.78, 5) is 19.5. The molecule has 33 heavy (non-hydrogen) atoms. The molecule has 3 aromatic rings. The van der Waals surface area contributed by atoms with Gasteiger partial charge in [0.1, 0.15) is 18.1 Å². The van der Waals surface area contributed by atoms with Crippen molar-refractivity contribution in [3.63, 3.8) is 0 Å². The van der Waals surface area contributed by atoms with Crippen LogP contribution in [0.5, 0.6) is 11.5 Å². The molecule has 2 aromatic carbocycles. The summed E-state index contributed by atoms with van der Waals surface area (Å²) in [6.45, 7) is 3.05. The SMILES string of the molecule is COc1ccc(C(CNC(=O)c2cccc(OCc3cccnc3)c2)N2CCCCC2)cc1. The highest BCUT2D eigenvalue weighted by Gasteiger charge is 2.23. The van der Waals surface area contributed by atoms with Gasteiger partial charge >= 0.3 is 0 Å². The Balaban J connectivity index is 1.41. The average Bonchev–Trinajstić information content (AvgIpc) is 2.89. The molecule has 0 saturated carbocycles. The van der Waals surface area contributed by atoms with Crippen LogP contribution in [0.25, 0.3) is 0 Å². The summed E-state index contributed by atoms with van der Waals surface area (Å²) in [6, 6.07) is 19.4. The van der Waals surface area contributed by atoms with Gasteiger partial charge in [-0.2, -0.15) is 0 Å². The molecule has 6 nitrogen and oxygen atoms in total. The number of nitrogens with zero attached hydrogens (tertiary/aromatic N) is 2. The van der Waals surface area contributed by atoms with Crippen molar-refractivity contribution in [3.8, 4) is 11.5 Å². The number of likely N-dealkylation sites (tertiary alicyclic amines) is 1. The minimum absolute atomic E-state index is 0.0997. The Hall–Kier alpha value is -3.38.